The van der Waals surface area contributed by atoms with Gasteiger partial charge in [-0.25, -0.2) is 4.79 Å². The molecule has 0 spiro atoms. The third kappa shape index (κ3) is 5.29. The summed E-state index contributed by atoms with van der Waals surface area (Å²) < 4.78 is 30.9. The number of rotatable bonds is 6. The Labute approximate surface area is 148 Å². The van der Waals surface area contributed by atoms with Crippen molar-refractivity contribution in [1.82, 2.24) is 4.41 Å². The summed E-state index contributed by atoms with van der Waals surface area (Å²) >= 11 is 0. The minimum absolute atomic E-state index is 0.0994. The molecule has 6 nitrogen and oxygen atoms in total. The Bertz CT molecular complexity index is 793. The molecule has 7 heteroatoms. The van der Waals surface area contributed by atoms with E-state index in [1.807, 2.05) is 13.0 Å². The molecule has 1 aliphatic carbocycles. The van der Waals surface area contributed by atoms with Gasteiger partial charge in [-0.15, -0.1) is 0 Å². The van der Waals surface area contributed by atoms with Crippen LogP contribution in [0, 0.1) is 6.92 Å². The SMILES string of the molecule is COC(=O)/C=C/N(/N=C/C1=CCCCC1)S(=O)(=O)c1ccc(C)cc1. The molecular weight excluding hydrogens is 340 g/mol. The Morgan fingerprint density at radius 2 is 1.96 bits per heavy atom. The lowest BCUT2D eigenvalue weighted by molar-refractivity contribution is -0.134. The fraction of sp³-hybridized carbons (Fsp3) is 0.333. The number of hydrazone groups is 1. The van der Waals surface area contributed by atoms with Crippen molar-refractivity contribution in [3.8, 4) is 0 Å². The Kier molecular flexibility index (Phi) is 6.52. The molecule has 134 valence electrons. The average molecular weight is 362 g/mol. The fourth-order valence-corrected chi connectivity index (χ4v) is 3.39. The molecule has 0 aliphatic heterocycles. The van der Waals surface area contributed by atoms with Crippen molar-refractivity contribution in [3.63, 3.8) is 0 Å². The van der Waals surface area contributed by atoms with Crippen LogP contribution in [-0.2, 0) is 19.6 Å². The first kappa shape index (κ1) is 18.9. The largest absolute Gasteiger partial charge is 0.466 e. The number of aryl methyl sites for hydroxylation is 1. The second-order valence-electron chi connectivity index (χ2n) is 5.70. The zero-order chi connectivity index (χ0) is 18.3. The number of carbonyl (C=O) groups excluding carboxylic acids is 1. The molecule has 1 aliphatic rings. The monoisotopic (exact) mass is 362 g/mol. The van der Waals surface area contributed by atoms with E-state index in [-0.39, 0.29) is 4.90 Å². The van der Waals surface area contributed by atoms with Crippen LogP contribution in [0.3, 0.4) is 0 Å². The second kappa shape index (κ2) is 8.62. The summed E-state index contributed by atoms with van der Waals surface area (Å²) in [6.45, 7) is 1.87. The number of esters is 1. The van der Waals surface area contributed by atoms with Crippen molar-refractivity contribution >= 4 is 22.2 Å². The minimum Gasteiger partial charge on any atom is -0.466 e. The van der Waals surface area contributed by atoms with Gasteiger partial charge in [-0.05, 0) is 50.3 Å². The highest BCUT2D eigenvalue weighted by atomic mass is 32.2. The van der Waals surface area contributed by atoms with Gasteiger partial charge in [0, 0.05) is 12.3 Å². The smallest absolute Gasteiger partial charge is 0.332 e. The molecule has 0 saturated heterocycles. The predicted octanol–water partition coefficient (Wildman–Crippen LogP) is 3.16. The predicted molar refractivity (Wildman–Crippen MR) is 96.4 cm³/mol. The van der Waals surface area contributed by atoms with E-state index in [0.717, 1.165) is 53.5 Å². The van der Waals surface area contributed by atoms with Crippen LogP contribution in [0.1, 0.15) is 31.2 Å². The summed E-state index contributed by atoms with van der Waals surface area (Å²) in [6.07, 6.45) is 9.72. The summed E-state index contributed by atoms with van der Waals surface area (Å²) in [5.41, 5.74) is 1.94. The number of hydrogen-bond acceptors (Lipinski definition) is 5. The first-order valence-corrected chi connectivity index (χ1v) is 9.48. The Balaban J connectivity index is 2.33. The molecule has 0 radical (unpaired) electrons. The highest BCUT2D eigenvalue weighted by molar-refractivity contribution is 7.89. The first-order chi connectivity index (χ1) is 11.9. The van der Waals surface area contributed by atoms with E-state index >= 15 is 0 Å². The van der Waals surface area contributed by atoms with Gasteiger partial charge in [0.2, 0.25) is 0 Å². The molecular formula is C18H22N2O4S. The number of sulfonamides is 1. The van der Waals surface area contributed by atoms with Crippen LogP contribution in [0.5, 0.6) is 0 Å². The van der Waals surface area contributed by atoms with Gasteiger partial charge in [0.15, 0.2) is 0 Å². The van der Waals surface area contributed by atoms with Gasteiger partial charge in [-0.2, -0.15) is 17.9 Å². The van der Waals surface area contributed by atoms with Gasteiger partial charge in [0.05, 0.1) is 18.2 Å². The molecule has 0 heterocycles. The molecule has 0 atom stereocenters. The van der Waals surface area contributed by atoms with Crippen LogP contribution in [0.15, 0.2) is 58.2 Å². The highest BCUT2D eigenvalue weighted by Crippen LogP contribution is 2.19. The van der Waals surface area contributed by atoms with E-state index in [1.165, 1.54) is 25.5 Å². The van der Waals surface area contributed by atoms with E-state index in [9.17, 15) is 13.2 Å². The van der Waals surface area contributed by atoms with E-state index in [2.05, 4.69) is 9.84 Å². The number of hydrogen-bond donors (Lipinski definition) is 0. The maximum atomic E-state index is 12.8. The molecule has 0 fully saturated rings. The van der Waals surface area contributed by atoms with E-state index in [4.69, 9.17) is 0 Å². The maximum absolute atomic E-state index is 12.8. The summed E-state index contributed by atoms with van der Waals surface area (Å²) in [7, 11) is -2.69. The zero-order valence-electron chi connectivity index (χ0n) is 14.4. The second-order valence-corrected chi connectivity index (χ2v) is 7.49. The van der Waals surface area contributed by atoms with Gasteiger partial charge < -0.3 is 4.74 Å². The summed E-state index contributed by atoms with van der Waals surface area (Å²) in [4.78, 5) is 11.4. The number of allylic oxidation sites excluding steroid dienone is 2. The molecule has 25 heavy (non-hydrogen) atoms. The third-order valence-electron chi connectivity index (χ3n) is 3.77. The van der Waals surface area contributed by atoms with Crippen molar-refractivity contribution in [2.45, 2.75) is 37.5 Å². The van der Waals surface area contributed by atoms with Crippen molar-refractivity contribution < 1.29 is 17.9 Å². The molecule has 0 unspecified atom stereocenters. The Hall–Kier alpha value is -2.41. The lowest BCUT2D eigenvalue weighted by Gasteiger charge is -2.16. The standard InChI is InChI=1S/C18H22N2O4S/c1-15-8-10-17(11-9-15)25(22,23)20(13-12-18(21)24-2)19-14-16-6-4-3-5-7-16/h6,8-14H,3-5,7H2,1-2H3/b13-12+,19-14+. The third-order valence-corrected chi connectivity index (χ3v) is 5.34. The van der Waals surface area contributed by atoms with Gasteiger partial charge in [0.1, 0.15) is 0 Å². The number of methoxy groups -OCH3 is 1. The van der Waals surface area contributed by atoms with Crippen molar-refractivity contribution in [3.05, 3.63) is 53.8 Å². The molecule has 1 aromatic rings. The van der Waals surface area contributed by atoms with Crippen molar-refractivity contribution in [2.24, 2.45) is 5.10 Å². The topological polar surface area (TPSA) is 76.0 Å². The number of benzene rings is 1. The van der Waals surface area contributed by atoms with Crippen LogP contribution < -0.4 is 0 Å². The van der Waals surface area contributed by atoms with E-state index < -0.39 is 16.0 Å². The van der Waals surface area contributed by atoms with E-state index in [1.54, 1.807) is 12.1 Å². The lowest BCUT2D eigenvalue weighted by Crippen LogP contribution is -2.21. The molecule has 0 amide bonds. The van der Waals surface area contributed by atoms with Crippen molar-refractivity contribution in [2.75, 3.05) is 7.11 Å². The number of ether oxygens (including phenoxy) is 1. The van der Waals surface area contributed by atoms with Gasteiger partial charge in [-0.1, -0.05) is 23.8 Å². The van der Waals surface area contributed by atoms with Gasteiger partial charge >= 0.3 is 5.97 Å². The molecule has 0 saturated carbocycles. The molecule has 0 N–H and O–H groups in total. The maximum Gasteiger partial charge on any atom is 0.332 e. The molecule has 0 bridgehead atoms. The zero-order valence-corrected chi connectivity index (χ0v) is 15.2. The van der Waals surface area contributed by atoms with Crippen LogP contribution >= 0.6 is 0 Å². The Morgan fingerprint density at radius 3 is 2.56 bits per heavy atom. The minimum atomic E-state index is -3.91. The molecule has 2 rings (SSSR count). The highest BCUT2D eigenvalue weighted by Gasteiger charge is 2.21. The summed E-state index contributed by atoms with van der Waals surface area (Å²) in [5, 5.41) is 4.08. The Morgan fingerprint density at radius 1 is 1.24 bits per heavy atom. The first-order valence-electron chi connectivity index (χ1n) is 8.04. The quantitative estimate of drug-likeness (QED) is 0.337. The van der Waals surface area contributed by atoms with Gasteiger partial charge in [0.25, 0.3) is 10.0 Å². The normalized spacial score (nSPS) is 15.4. The van der Waals surface area contributed by atoms with Crippen LogP contribution in [-0.4, -0.2) is 32.1 Å². The van der Waals surface area contributed by atoms with Crippen LogP contribution in [0.25, 0.3) is 0 Å². The van der Waals surface area contributed by atoms with Crippen LogP contribution in [0.4, 0.5) is 0 Å². The van der Waals surface area contributed by atoms with Crippen LogP contribution in [0.2, 0.25) is 0 Å². The number of carbonyl (C=O) groups is 1. The molecule has 0 aromatic heterocycles. The van der Waals surface area contributed by atoms with E-state index in [0.29, 0.717) is 0 Å². The molecule has 1 aromatic carbocycles. The summed E-state index contributed by atoms with van der Waals surface area (Å²) in [5.74, 6) is -0.656. The van der Waals surface area contributed by atoms with Crippen molar-refractivity contribution in [1.29, 1.82) is 0 Å². The fourth-order valence-electron chi connectivity index (χ4n) is 2.30. The summed E-state index contributed by atoms with van der Waals surface area (Å²) in [6, 6.07) is 6.45. The lowest BCUT2D eigenvalue weighted by atomic mass is 10.0. The average Bonchev–Trinajstić information content (AvgIpc) is 2.62. The number of nitrogens with zero attached hydrogens (tertiary/aromatic N) is 2. The van der Waals surface area contributed by atoms with Gasteiger partial charge in [-0.3, -0.25) is 0 Å².